The van der Waals surface area contributed by atoms with Crippen LogP contribution in [0.15, 0.2) is 61.1 Å². The summed E-state index contributed by atoms with van der Waals surface area (Å²) in [6.07, 6.45) is 3.90. The molecule has 2 aliphatic heterocycles. The van der Waals surface area contributed by atoms with Crippen LogP contribution in [0, 0.1) is 11.7 Å². The quantitative estimate of drug-likeness (QED) is 0.489. The van der Waals surface area contributed by atoms with E-state index < -0.39 is 0 Å². The average Bonchev–Trinajstić information content (AvgIpc) is 3.36. The van der Waals surface area contributed by atoms with Crippen molar-refractivity contribution in [3.05, 3.63) is 72.4 Å². The van der Waals surface area contributed by atoms with Crippen molar-refractivity contribution in [2.45, 2.75) is 6.54 Å². The molecular formula is C24H23FN6. The second-order valence-electron chi connectivity index (χ2n) is 8.42. The second-order valence-corrected chi connectivity index (χ2v) is 8.42. The molecule has 6 rings (SSSR count). The molecule has 0 aliphatic carbocycles. The molecule has 2 aromatic heterocycles. The fourth-order valence-corrected chi connectivity index (χ4v) is 4.73. The van der Waals surface area contributed by atoms with Crippen LogP contribution < -0.4 is 10.2 Å². The van der Waals surface area contributed by atoms with Crippen LogP contribution in [-0.2, 0) is 6.54 Å². The van der Waals surface area contributed by atoms with E-state index in [1.165, 1.54) is 23.4 Å². The number of nitrogens with zero attached hydrogens (tertiary/aromatic N) is 5. The van der Waals surface area contributed by atoms with E-state index in [0.29, 0.717) is 5.92 Å². The summed E-state index contributed by atoms with van der Waals surface area (Å²) in [6, 6.07) is 15.4. The first-order chi connectivity index (χ1) is 15.2. The summed E-state index contributed by atoms with van der Waals surface area (Å²) < 4.78 is 17.7. The molecule has 1 fully saturated rings. The van der Waals surface area contributed by atoms with Crippen LogP contribution in [0.2, 0.25) is 0 Å². The number of halogens is 1. The van der Waals surface area contributed by atoms with Crippen molar-refractivity contribution in [1.29, 1.82) is 0 Å². The summed E-state index contributed by atoms with van der Waals surface area (Å²) in [5, 5.41) is 11.9. The first-order valence-corrected chi connectivity index (χ1v) is 10.6. The molecule has 6 nitrogen and oxygen atoms in total. The zero-order valence-electron chi connectivity index (χ0n) is 17.3. The van der Waals surface area contributed by atoms with Gasteiger partial charge in [0.15, 0.2) is 5.82 Å². The maximum absolute atomic E-state index is 13.4. The maximum atomic E-state index is 13.4. The molecule has 0 spiro atoms. The molecule has 1 N–H and O–H groups in total. The van der Waals surface area contributed by atoms with E-state index >= 15 is 0 Å². The van der Waals surface area contributed by atoms with Gasteiger partial charge in [-0.05, 0) is 54.6 Å². The van der Waals surface area contributed by atoms with Gasteiger partial charge < -0.3 is 14.8 Å². The minimum atomic E-state index is -0.228. The summed E-state index contributed by atoms with van der Waals surface area (Å²) in [5.74, 6) is 1.30. The Morgan fingerprint density at radius 1 is 1.06 bits per heavy atom. The van der Waals surface area contributed by atoms with E-state index in [-0.39, 0.29) is 5.82 Å². The molecule has 2 aromatic carbocycles. The van der Waals surface area contributed by atoms with Crippen LogP contribution >= 0.6 is 0 Å². The molecule has 4 aromatic rings. The summed E-state index contributed by atoms with van der Waals surface area (Å²) in [6.45, 7) is 3.98. The Morgan fingerprint density at radius 2 is 1.90 bits per heavy atom. The Balaban J connectivity index is 1.39. The molecule has 156 valence electrons. The summed E-state index contributed by atoms with van der Waals surface area (Å²) in [4.78, 5) is 2.43. The van der Waals surface area contributed by atoms with Gasteiger partial charge in [0.1, 0.15) is 12.1 Å². The van der Waals surface area contributed by atoms with E-state index in [1.54, 1.807) is 6.33 Å². The average molecular weight is 414 g/mol. The number of fused-ring (bicyclic) bond motifs is 5. The van der Waals surface area contributed by atoms with Gasteiger partial charge in [-0.1, -0.05) is 12.1 Å². The Bertz CT molecular complexity index is 1250. The van der Waals surface area contributed by atoms with Gasteiger partial charge in [-0.3, -0.25) is 4.57 Å². The molecule has 0 bridgehead atoms. The van der Waals surface area contributed by atoms with Crippen molar-refractivity contribution in [2.75, 3.05) is 31.6 Å². The van der Waals surface area contributed by atoms with Gasteiger partial charge >= 0.3 is 0 Å². The first-order valence-electron chi connectivity index (χ1n) is 10.6. The van der Waals surface area contributed by atoms with Crippen molar-refractivity contribution >= 4 is 5.69 Å². The predicted octanol–water partition coefficient (Wildman–Crippen LogP) is 3.56. The number of hydrogen-bond acceptors (Lipinski definition) is 4. The number of nitrogens with one attached hydrogen (secondary N) is 1. The highest BCUT2D eigenvalue weighted by Gasteiger charge is 2.28. The highest BCUT2D eigenvalue weighted by atomic mass is 19.1. The van der Waals surface area contributed by atoms with Gasteiger partial charge in [-0.2, -0.15) is 0 Å². The van der Waals surface area contributed by atoms with Crippen molar-refractivity contribution in [2.24, 2.45) is 5.92 Å². The lowest BCUT2D eigenvalue weighted by Crippen LogP contribution is -2.50. The van der Waals surface area contributed by atoms with Crippen molar-refractivity contribution in [3.63, 3.8) is 0 Å². The van der Waals surface area contributed by atoms with Gasteiger partial charge in [-0.25, -0.2) is 4.39 Å². The lowest BCUT2D eigenvalue weighted by Gasteiger charge is -2.41. The molecule has 0 unspecified atom stereocenters. The monoisotopic (exact) mass is 414 g/mol. The van der Waals surface area contributed by atoms with Gasteiger partial charge in [0.2, 0.25) is 0 Å². The number of hydrogen-bond donors (Lipinski definition) is 1. The lowest BCUT2D eigenvalue weighted by molar-refractivity contribution is 0.397. The predicted molar refractivity (Wildman–Crippen MR) is 119 cm³/mol. The molecule has 2 aliphatic rings. The Labute approximate surface area is 180 Å². The van der Waals surface area contributed by atoms with Crippen LogP contribution in [0.5, 0.6) is 0 Å². The molecular weight excluding hydrogens is 391 g/mol. The highest BCUT2D eigenvalue weighted by molar-refractivity contribution is 5.72. The second kappa shape index (κ2) is 7.06. The fourth-order valence-electron chi connectivity index (χ4n) is 4.73. The van der Waals surface area contributed by atoms with E-state index in [4.69, 9.17) is 0 Å². The summed E-state index contributed by atoms with van der Waals surface area (Å²) >= 11 is 0. The van der Waals surface area contributed by atoms with E-state index in [9.17, 15) is 4.39 Å². The van der Waals surface area contributed by atoms with Gasteiger partial charge in [0, 0.05) is 49.5 Å². The molecule has 0 radical (unpaired) electrons. The van der Waals surface area contributed by atoms with Gasteiger partial charge in [0.25, 0.3) is 0 Å². The maximum Gasteiger partial charge on any atom is 0.185 e. The van der Waals surface area contributed by atoms with E-state index in [1.807, 2.05) is 19.2 Å². The third-order valence-corrected chi connectivity index (χ3v) is 6.33. The van der Waals surface area contributed by atoms with Crippen LogP contribution in [0.1, 0.15) is 5.56 Å². The van der Waals surface area contributed by atoms with Crippen molar-refractivity contribution < 1.29 is 4.39 Å². The molecule has 1 saturated heterocycles. The standard InChI is InChI=1S/C24H23FN6/c1-26-10-16-11-29(12-16)21-6-7-22-19(8-21)14-30-13-18(17-2-4-20(25)5-3-17)9-23(30)24-28-27-15-31(22)24/h2-9,13,15-16,26H,10-12,14H2,1H3. The first kappa shape index (κ1) is 18.3. The minimum absolute atomic E-state index is 0.228. The Kier molecular flexibility index (Phi) is 4.17. The summed E-state index contributed by atoms with van der Waals surface area (Å²) in [5.41, 5.74) is 6.64. The molecule has 31 heavy (non-hydrogen) atoms. The van der Waals surface area contributed by atoms with E-state index in [2.05, 4.69) is 60.0 Å². The number of aromatic nitrogens is 4. The van der Waals surface area contributed by atoms with Crippen LogP contribution in [0.25, 0.3) is 28.3 Å². The van der Waals surface area contributed by atoms with E-state index in [0.717, 1.165) is 54.5 Å². The van der Waals surface area contributed by atoms with Crippen molar-refractivity contribution in [1.82, 2.24) is 24.6 Å². The summed E-state index contributed by atoms with van der Waals surface area (Å²) in [7, 11) is 2.01. The third kappa shape index (κ3) is 3.04. The fraction of sp³-hybridized carbons (Fsp3) is 0.250. The zero-order chi connectivity index (χ0) is 20.9. The number of benzene rings is 2. The molecule has 0 atom stereocenters. The molecule has 0 saturated carbocycles. The molecule has 0 amide bonds. The third-order valence-electron chi connectivity index (χ3n) is 6.33. The zero-order valence-corrected chi connectivity index (χ0v) is 17.3. The SMILES string of the molecule is CNCC1CN(c2ccc3c(c2)Cn2cc(-c4ccc(F)cc4)cc2-c2nncn2-3)C1. The van der Waals surface area contributed by atoms with Crippen LogP contribution in [-0.4, -0.2) is 46.0 Å². The largest absolute Gasteiger partial charge is 0.371 e. The highest BCUT2D eigenvalue weighted by Crippen LogP contribution is 2.35. The topological polar surface area (TPSA) is 50.9 Å². The van der Waals surface area contributed by atoms with Gasteiger partial charge in [0.05, 0.1) is 11.4 Å². The van der Waals surface area contributed by atoms with Gasteiger partial charge in [-0.15, -0.1) is 10.2 Å². The number of anilines is 1. The molecule has 4 heterocycles. The minimum Gasteiger partial charge on any atom is -0.371 e. The number of rotatable bonds is 4. The van der Waals surface area contributed by atoms with Crippen LogP contribution in [0.4, 0.5) is 10.1 Å². The van der Waals surface area contributed by atoms with Crippen LogP contribution in [0.3, 0.4) is 0 Å². The lowest BCUT2D eigenvalue weighted by atomic mass is 9.98. The normalized spacial score (nSPS) is 15.1. The Morgan fingerprint density at radius 3 is 2.71 bits per heavy atom. The smallest absolute Gasteiger partial charge is 0.185 e. The Hall–Kier alpha value is -3.45. The molecule has 7 heteroatoms. The van der Waals surface area contributed by atoms with Crippen molar-refractivity contribution in [3.8, 4) is 28.3 Å².